The number of hydrogen-bond donors (Lipinski definition) is 0. The van der Waals surface area contributed by atoms with Gasteiger partial charge in [-0.05, 0) is 19.1 Å². The van der Waals surface area contributed by atoms with Gasteiger partial charge in [0.25, 0.3) is 0 Å². The van der Waals surface area contributed by atoms with E-state index in [1.165, 1.54) is 0 Å². The average molecular weight is 205 g/mol. The molecule has 0 saturated carbocycles. The van der Waals surface area contributed by atoms with Crippen LogP contribution in [0.25, 0.3) is 16.4 Å². The zero-order valence-electron chi connectivity index (χ0n) is 7.47. The van der Waals surface area contributed by atoms with Crippen molar-refractivity contribution in [3.8, 4) is 11.5 Å². The Morgan fingerprint density at radius 1 is 1.50 bits per heavy atom. The quantitative estimate of drug-likeness (QED) is 0.612. The first-order chi connectivity index (χ1) is 6.83. The van der Waals surface area contributed by atoms with Crippen molar-refractivity contribution in [3.05, 3.63) is 29.6 Å². The van der Waals surface area contributed by atoms with Crippen LogP contribution < -0.4 is 0 Å². The molecule has 70 valence electrons. The molecule has 4 nitrogen and oxygen atoms in total. The van der Waals surface area contributed by atoms with E-state index < -0.39 is 0 Å². The lowest BCUT2D eigenvalue weighted by atomic mass is 10.4. The summed E-state index contributed by atoms with van der Waals surface area (Å²) < 4.78 is 7.03. The summed E-state index contributed by atoms with van der Waals surface area (Å²) in [5.41, 5.74) is 0.828. The fourth-order valence-corrected chi connectivity index (χ4v) is 2.07. The lowest BCUT2D eigenvalue weighted by Gasteiger charge is -1.85. The number of rotatable bonds is 1. The monoisotopic (exact) mass is 205 g/mol. The first-order valence-electron chi connectivity index (χ1n) is 4.19. The van der Waals surface area contributed by atoms with Crippen molar-refractivity contribution in [1.82, 2.24) is 14.6 Å². The molecule has 0 aliphatic rings. The summed E-state index contributed by atoms with van der Waals surface area (Å²) in [5, 5.41) is 5.29. The average Bonchev–Trinajstić information content (AvgIpc) is 2.74. The maximum Gasteiger partial charge on any atom is 0.212 e. The summed E-state index contributed by atoms with van der Waals surface area (Å²) in [6.45, 7) is 1.96. The van der Waals surface area contributed by atoms with Gasteiger partial charge in [0.15, 0.2) is 5.76 Å². The lowest BCUT2D eigenvalue weighted by Crippen LogP contribution is -1.79. The number of imidazole rings is 1. The summed E-state index contributed by atoms with van der Waals surface area (Å²) in [4.78, 5) is 5.30. The standard InChI is InChI=1S/C9H7N3OS/c1-6-11-12-5-7(10-9(12)14-6)8-3-2-4-13-8/h2-5H,1H3. The number of fused-ring (bicyclic) bond motifs is 1. The van der Waals surface area contributed by atoms with Crippen LogP contribution in [0.4, 0.5) is 0 Å². The Hall–Kier alpha value is -1.62. The van der Waals surface area contributed by atoms with Crippen LogP contribution in [0.15, 0.2) is 29.0 Å². The van der Waals surface area contributed by atoms with E-state index in [2.05, 4.69) is 10.1 Å². The molecule has 0 N–H and O–H groups in total. The molecule has 3 aromatic heterocycles. The molecular formula is C9H7N3OS. The van der Waals surface area contributed by atoms with Gasteiger partial charge < -0.3 is 4.42 Å². The van der Waals surface area contributed by atoms with Crippen molar-refractivity contribution in [2.45, 2.75) is 6.92 Å². The number of aryl methyl sites for hydroxylation is 1. The van der Waals surface area contributed by atoms with Crippen LogP contribution >= 0.6 is 11.3 Å². The van der Waals surface area contributed by atoms with E-state index in [1.807, 2.05) is 25.3 Å². The number of hydrogen-bond acceptors (Lipinski definition) is 4. The summed E-state index contributed by atoms with van der Waals surface area (Å²) in [6, 6.07) is 3.74. The predicted molar refractivity (Wildman–Crippen MR) is 53.3 cm³/mol. The Morgan fingerprint density at radius 2 is 2.43 bits per heavy atom. The van der Waals surface area contributed by atoms with Crippen molar-refractivity contribution >= 4 is 16.3 Å². The Kier molecular flexibility index (Phi) is 1.49. The molecular weight excluding hydrogens is 198 g/mol. The molecule has 0 spiro atoms. The molecule has 5 heteroatoms. The molecule has 0 aromatic carbocycles. The Labute approximate surface area is 83.8 Å². The molecule has 3 rings (SSSR count). The van der Waals surface area contributed by atoms with E-state index >= 15 is 0 Å². The number of furan rings is 1. The molecule has 0 aliphatic carbocycles. The van der Waals surface area contributed by atoms with Gasteiger partial charge in [0.1, 0.15) is 10.7 Å². The Balaban J connectivity index is 2.20. The van der Waals surface area contributed by atoms with E-state index in [0.717, 1.165) is 21.4 Å². The predicted octanol–water partition coefficient (Wildman–Crippen LogP) is 2.36. The highest BCUT2D eigenvalue weighted by atomic mass is 32.1. The summed E-state index contributed by atoms with van der Waals surface area (Å²) in [5.74, 6) is 0.778. The first-order valence-corrected chi connectivity index (χ1v) is 5.01. The molecule has 0 amide bonds. The minimum Gasteiger partial charge on any atom is -0.463 e. The highest BCUT2D eigenvalue weighted by Crippen LogP contribution is 2.21. The maximum absolute atomic E-state index is 5.25. The molecule has 0 aliphatic heterocycles. The third kappa shape index (κ3) is 1.06. The smallest absolute Gasteiger partial charge is 0.212 e. The highest BCUT2D eigenvalue weighted by Gasteiger charge is 2.08. The fourth-order valence-electron chi connectivity index (χ4n) is 1.34. The zero-order chi connectivity index (χ0) is 9.54. The largest absolute Gasteiger partial charge is 0.463 e. The second kappa shape index (κ2) is 2.68. The molecule has 0 unspecified atom stereocenters. The van der Waals surface area contributed by atoms with E-state index in [-0.39, 0.29) is 0 Å². The molecule has 14 heavy (non-hydrogen) atoms. The molecule has 0 radical (unpaired) electrons. The van der Waals surface area contributed by atoms with E-state index in [9.17, 15) is 0 Å². The van der Waals surface area contributed by atoms with Crippen LogP contribution in [-0.4, -0.2) is 14.6 Å². The van der Waals surface area contributed by atoms with Gasteiger partial charge in [0, 0.05) is 0 Å². The van der Waals surface area contributed by atoms with Crippen LogP contribution in [0.1, 0.15) is 5.01 Å². The Bertz CT molecular complexity index is 532. The summed E-state index contributed by atoms with van der Waals surface area (Å²) in [6.07, 6.45) is 3.51. The van der Waals surface area contributed by atoms with Gasteiger partial charge in [0.05, 0.1) is 12.5 Å². The third-order valence-electron chi connectivity index (χ3n) is 1.92. The third-order valence-corrected chi connectivity index (χ3v) is 2.76. The molecule has 0 fully saturated rings. The van der Waals surface area contributed by atoms with Gasteiger partial charge >= 0.3 is 0 Å². The SMILES string of the molecule is Cc1nn2cc(-c3ccco3)nc2s1. The van der Waals surface area contributed by atoms with Crippen molar-refractivity contribution < 1.29 is 4.42 Å². The van der Waals surface area contributed by atoms with Crippen LogP contribution in [-0.2, 0) is 0 Å². The molecule has 0 bridgehead atoms. The minimum absolute atomic E-state index is 0.778. The molecule has 0 saturated heterocycles. The highest BCUT2D eigenvalue weighted by molar-refractivity contribution is 7.16. The summed E-state index contributed by atoms with van der Waals surface area (Å²) >= 11 is 1.57. The van der Waals surface area contributed by atoms with Gasteiger partial charge in [-0.1, -0.05) is 11.3 Å². The summed E-state index contributed by atoms with van der Waals surface area (Å²) in [7, 11) is 0. The van der Waals surface area contributed by atoms with Gasteiger partial charge in [-0.25, -0.2) is 9.50 Å². The van der Waals surface area contributed by atoms with Gasteiger partial charge in [-0.15, -0.1) is 0 Å². The van der Waals surface area contributed by atoms with Crippen LogP contribution in [0, 0.1) is 6.92 Å². The van der Waals surface area contributed by atoms with Crippen molar-refractivity contribution in [2.24, 2.45) is 0 Å². The zero-order valence-corrected chi connectivity index (χ0v) is 8.28. The molecule has 3 heterocycles. The van der Waals surface area contributed by atoms with E-state index in [4.69, 9.17) is 4.42 Å². The maximum atomic E-state index is 5.25. The van der Waals surface area contributed by atoms with E-state index in [0.29, 0.717) is 0 Å². The second-order valence-electron chi connectivity index (χ2n) is 2.95. The number of nitrogens with zero attached hydrogens (tertiary/aromatic N) is 3. The molecule has 3 aromatic rings. The number of aromatic nitrogens is 3. The lowest BCUT2D eigenvalue weighted by molar-refractivity contribution is 0.580. The van der Waals surface area contributed by atoms with Gasteiger partial charge in [0.2, 0.25) is 4.96 Å². The Morgan fingerprint density at radius 3 is 3.14 bits per heavy atom. The van der Waals surface area contributed by atoms with Crippen LogP contribution in [0.3, 0.4) is 0 Å². The van der Waals surface area contributed by atoms with Crippen molar-refractivity contribution in [1.29, 1.82) is 0 Å². The minimum atomic E-state index is 0.778. The second-order valence-corrected chi connectivity index (χ2v) is 4.11. The van der Waals surface area contributed by atoms with Crippen molar-refractivity contribution in [3.63, 3.8) is 0 Å². The molecule has 0 atom stereocenters. The van der Waals surface area contributed by atoms with Crippen LogP contribution in [0.2, 0.25) is 0 Å². The van der Waals surface area contributed by atoms with Crippen molar-refractivity contribution in [2.75, 3.05) is 0 Å². The first kappa shape index (κ1) is 7.75. The normalized spacial score (nSPS) is 11.2. The topological polar surface area (TPSA) is 43.3 Å². The fraction of sp³-hybridized carbons (Fsp3) is 0.111. The van der Waals surface area contributed by atoms with Gasteiger partial charge in [-0.2, -0.15) is 5.10 Å². The van der Waals surface area contributed by atoms with Gasteiger partial charge in [-0.3, -0.25) is 0 Å². The van der Waals surface area contributed by atoms with E-state index in [1.54, 1.807) is 22.1 Å². The van der Waals surface area contributed by atoms with Crippen LogP contribution in [0.5, 0.6) is 0 Å².